The Kier molecular flexibility index (Phi) is 6.35. The molecule has 0 saturated carbocycles. The van der Waals surface area contributed by atoms with E-state index < -0.39 is 0 Å². The summed E-state index contributed by atoms with van der Waals surface area (Å²) >= 11 is 0. The molecule has 0 aromatic heterocycles. The minimum Gasteiger partial charge on any atom is -0.484 e. The molecule has 154 valence electrons. The number of nitrogens with zero attached hydrogens (tertiary/aromatic N) is 2. The van der Waals surface area contributed by atoms with Gasteiger partial charge in [-0.1, -0.05) is 35.9 Å². The highest BCUT2D eigenvalue weighted by molar-refractivity contribution is 5.77. The van der Waals surface area contributed by atoms with E-state index in [1.165, 1.54) is 24.3 Å². The van der Waals surface area contributed by atoms with Crippen molar-refractivity contribution in [3.05, 3.63) is 60.2 Å². The summed E-state index contributed by atoms with van der Waals surface area (Å²) in [5, 5.41) is 0. The van der Waals surface area contributed by atoms with Crippen molar-refractivity contribution in [1.29, 1.82) is 0 Å². The molecule has 4 rings (SSSR count). The third kappa shape index (κ3) is 5.10. The molecule has 5 heteroatoms. The van der Waals surface area contributed by atoms with Crippen molar-refractivity contribution in [2.24, 2.45) is 0 Å². The summed E-state index contributed by atoms with van der Waals surface area (Å²) in [6.07, 6.45) is 2.19. The molecule has 0 atom stereocenters. The fourth-order valence-corrected chi connectivity index (χ4v) is 4.51. The lowest BCUT2D eigenvalue weighted by Gasteiger charge is -2.40. The van der Waals surface area contributed by atoms with Gasteiger partial charge < -0.3 is 19.4 Å². The summed E-state index contributed by atoms with van der Waals surface area (Å²) in [6.45, 7) is 8.48. The van der Waals surface area contributed by atoms with Gasteiger partial charge in [-0.2, -0.15) is 0 Å². The Morgan fingerprint density at radius 3 is 2.28 bits per heavy atom. The molecule has 2 aliphatic heterocycles. The van der Waals surface area contributed by atoms with Crippen LogP contribution >= 0.6 is 0 Å². The van der Waals surface area contributed by atoms with Gasteiger partial charge in [0.15, 0.2) is 6.61 Å². The number of hydrogen-bond acceptors (Lipinski definition) is 3. The molecule has 1 amide bonds. The van der Waals surface area contributed by atoms with Crippen LogP contribution in [0, 0.1) is 6.92 Å². The molecule has 5 nitrogen and oxygen atoms in total. The fourth-order valence-electron chi connectivity index (χ4n) is 4.51. The SMILES string of the molecule is Cc1ccc(OCC(=O)N2CCC([NH+]3CCN(c4ccccc4)CC3)CC2)cc1. The van der Waals surface area contributed by atoms with Gasteiger partial charge in [-0.25, -0.2) is 0 Å². The van der Waals surface area contributed by atoms with Gasteiger partial charge in [0, 0.05) is 31.6 Å². The number of carbonyl (C=O) groups is 1. The number of quaternary nitrogens is 1. The molecule has 2 aromatic carbocycles. The zero-order valence-corrected chi connectivity index (χ0v) is 17.3. The number of hydrogen-bond donors (Lipinski definition) is 1. The van der Waals surface area contributed by atoms with Crippen LogP contribution in [0.15, 0.2) is 54.6 Å². The standard InChI is InChI=1S/C24H31N3O2/c1-20-7-9-23(10-8-20)29-19-24(28)27-13-11-22(12-14-27)26-17-15-25(16-18-26)21-5-3-2-4-6-21/h2-10,22H,11-19H2,1H3/p+1. The van der Waals surface area contributed by atoms with Gasteiger partial charge in [0.2, 0.25) is 0 Å². The third-order valence-electron chi connectivity index (χ3n) is 6.34. The number of piperazine rings is 1. The molecule has 2 heterocycles. The zero-order chi connectivity index (χ0) is 20.1. The van der Waals surface area contributed by atoms with Crippen molar-refractivity contribution < 1.29 is 14.4 Å². The first-order chi connectivity index (χ1) is 14.2. The van der Waals surface area contributed by atoms with Gasteiger partial charge in [0.05, 0.1) is 32.2 Å². The van der Waals surface area contributed by atoms with Crippen LogP contribution in [-0.2, 0) is 4.79 Å². The number of likely N-dealkylation sites (tertiary alicyclic amines) is 1. The highest BCUT2D eigenvalue weighted by atomic mass is 16.5. The van der Waals surface area contributed by atoms with E-state index >= 15 is 0 Å². The van der Waals surface area contributed by atoms with E-state index in [4.69, 9.17) is 4.74 Å². The molecule has 2 aliphatic rings. The highest BCUT2D eigenvalue weighted by Gasteiger charge is 2.32. The van der Waals surface area contributed by atoms with Crippen LogP contribution in [0.3, 0.4) is 0 Å². The minimum absolute atomic E-state index is 0.105. The van der Waals surface area contributed by atoms with E-state index in [0.29, 0.717) is 6.04 Å². The molecule has 2 aromatic rings. The van der Waals surface area contributed by atoms with Gasteiger partial charge in [0.1, 0.15) is 5.75 Å². The molecule has 0 bridgehead atoms. The Balaban J connectivity index is 1.19. The average Bonchev–Trinajstić information content (AvgIpc) is 2.79. The van der Waals surface area contributed by atoms with E-state index in [0.717, 1.165) is 44.8 Å². The topological polar surface area (TPSA) is 37.2 Å². The molecule has 0 unspecified atom stereocenters. The summed E-state index contributed by atoms with van der Waals surface area (Å²) in [4.78, 5) is 18.7. The first kappa shape index (κ1) is 19.8. The summed E-state index contributed by atoms with van der Waals surface area (Å²) in [5.74, 6) is 0.868. The fraction of sp³-hybridized carbons (Fsp3) is 0.458. The number of rotatable bonds is 5. The van der Waals surface area contributed by atoms with Crippen LogP contribution in [0.25, 0.3) is 0 Å². The number of benzene rings is 2. The van der Waals surface area contributed by atoms with E-state index in [2.05, 4.69) is 35.2 Å². The number of anilines is 1. The highest BCUT2D eigenvalue weighted by Crippen LogP contribution is 2.15. The monoisotopic (exact) mass is 394 g/mol. The van der Waals surface area contributed by atoms with Crippen LogP contribution < -0.4 is 14.5 Å². The smallest absolute Gasteiger partial charge is 0.260 e. The summed E-state index contributed by atoms with van der Waals surface area (Å²) < 4.78 is 5.67. The second-order valence-corrected chi connectivity index (χ2v) is 8.24. The summed E-state index contributed by atoms with van der Waals surface area (Å²) in [6, 6.07) is 19.2. The molecule has 29 heavy (non-hydrogen) atoms. The Bertz CT molecular complexity index is 778. The van der Waals surface area contributed by atoms with Crippen LogP contribution in [-0.4, -0.2) is 62.7 Å². The van der Waals surface area contributed by atoms with Crippen molar-refractivity contribution in [1.82, 2.24) is 4.90 Å². The molecule has 0 spiro atoms. The largest absolute Gasteiger partial charge is 0.484 e. The number of para-hydroxylation sites is 1. The maximum atomic E-state index is 12.5. The normalized spacial score (nSPS) is 18.7. The predicted octanol–water partition coefficient (Wildman–Crippen LogP) is 1.77. The van der Waals surface area contributed by atoms with Crippen molar-refractivity contribution in [3.8, 4) is 5.75 Å². The third-order valence-corrected chi connectivity index (χ3v) is 6.34. The van der Waals surface area contributed by atoms with Crippen LogP contribution in [0.5, 0.6) is 5.75 Å². The molecule has 2 saturated heterocycles. The Hall–Kier alpha value is -2.53. The van der Waals surface area contributed by atoms with Gasteiger partial charge in [0.25, 0.3) is 5.91 Å². The van der Waals surface area contributed by atoms with Crippen LogP contribution in [0.2, 0.25) is 0 Å². The van der Waals surface area contributed by atoms with Crippen molar-refractivity contribution in [2.45, 2.75) is 25.8 Å². The van der Waals surface area contributed by atoms with Gasteiger partial charge in [-0.15, -0.1) is 0 Å². The van der Waals surface area contributed by atoms with Gasteiger partial charge in [-0.05, 0) is 31.2 Å². The van der Waals surface area contributed by atoms with Gasteiger partial charge in [-0.3, -0.25) is 4.79 Å². The number of piperidine rings is 1. The second-order valence-electron chi connectivity index (χ2n) is 8.24. The van der Waals surface area contributed by atoms with E-state index in [1.54, 1.807) is 4.90 Å². The first-order valence-corrected chi connectivity index (χ1v) is 10.8. The second kappa shape index (κ2) is 9.31. The molecule has 2 fully saturated rings. The molecule has 0 radical (unpaired) electrons. The average molecular weight is 395 g/mol. The Morgan fingerprint density at radius 1 is 0.966 bits per heavy atom. The van der Waals surface area contributed by atoms with Gasteiger partial charge >= 0.3 is 0 Å². The quantitative estimate of drug-likeness (QED) is 0.840. The number of nitrogens with one attached hydrogen (secondary N) is 1. The maximum absolute atomic E-state index is 12.5. The van der Waals surface area contributed by atoms with E-state index in [9.17, 15) is 4.79 Å². The number of ether oxygens (including phenoxy) is 1. The minimum atomic E-state index is 0.105. The molecule has 0 aliphatic carbocycles. The van der Waals surface area contributed by atoms with Crippen molar-refractivity contribution in [2.75, 3.05) is 50.8 Å². The molecule has 1 N–H and O–H groups in total. The lowest BCUT2D eigenvalue weighted by Crippen LogP contribution is -3.18. The number of carbonyl (C=O) groups excluding carboxylic acids is 1. The Morgan fingerprint density at radius 2 is 1.62 bits per heavy atom. The van der Waals surface area contributed by atoms with Crippen LogP contribution in [0.1, 0.15) is 18.4 Å². The Labute approximate surface area is 173 Å². The summed E-state index contributed by atoms with van der Waals surface area (Å²) in [5.41, 5.74) is 2.53. The van der Waals surface area contributed by atoms with Crippen molar-refractivity contribution in [3.63, 3.8) is 0 Å². The lowest BCUT2D eigenvalue weighted by atomic mass is 10.0. The summed E-state index contributed by atoms with van der Waals surface area (Å²) in [7, 11) is 0. The lowest BCUT2D eigenvalue weighted by molar-refractivity contribution is -0.927. The van der Waals surface area contributed by atoms with Crippen molar-refractivity contribution >= 4 is 11.6 Å². The maximum Gasteiger partial charge on any atom is 0.260 e. The molecular formula is C24H32N3O2+. The zero-order valence-electron chi connectivity index (χ0n) is 17.3. The number of amides is 1. The van der Waals surface area contributed by atoms with Crippen LogP contribution in [0.4, 0.5) is 5.69 Å². The van der Waals surface area contributed by atoms with E-state index in [-0.39, 0.29) is 12.5 Å². The van der Waals surface area contributed by atoms with E-state index in [1.807, 2.05) is 36.1 Å². The first-order valence-electron chi connectivity index (χ1n) is 10.8. The number of aryl methyl sites for hydroxylation is 1. The predicted molar refractivity (Wildman–Crippen MR) is 116 cm³/mol. The molecular weight excluding hydrogens is 362 g/mol.